The van der Waals surface area contributed by atoms with Crippen molar-refractivity contribution in [3.05, 3.63) is 17.0 Å². The molecule has 0 aliphatic heterocycles. The monoisotopic (exact) mass is 437 g/mol. The fourth-order valence-electron chi connectivity index (χ4n) is 2.01. The molecule has 3 N–H and O–H groups in total. The highest BCUT2D eigenvalue weighted by Crippen LogP contribution is 2.11. The Morgan fingerprint density at radius 3 is 2.39 bits per heavy atom. The van der Waals surface area contributed by atoms with Gasteiger partial charge in [-0.05, 0) is 41.0 Å². The van der Waals surface area contributed by atoms with Crippen molar-refractivity contribution in [2.75, 3.05) is 20.1 Å². The summed E-state index contributed by atoms with van der Waals surface area (Å²) in [6.07, 6.45) is 0.788. The van der Waals surface area contributed by atoms with Crippen LogP contribution in [0.3, 0.4) is 0 Å². The van der Waals surface area contributed by atoms with Gasteiger partial charge in [-0.15, -0.1) is 24.0 Å². The number of carbonyl (C=O) groups excluding carboxylic acids is 1. The van der Waals surface area contributed by atoms with E-state index in [-0.39, 0.29) is 42.0 Å². The first-order valence-electron chi connectivity index (χ1n) is 7.40. The summed E-state index contributed by atoms with van der Waals surface area (Å²) in [6.45, 7) is 10.5. The van der Waals surface area contributed by atoms with Crippen LogP contribution >= 0.6 is 24.0 Å². The van der Waals surface area contributed by atoms with Crippen molar-refractivity contribution >= 4 is 35.8 Å². The Morgan fingerprint density at radius 2 is 1.91 bits per heavy atom. The van der Waals surface area contributed by atoms with Gasteiger partial charge in [0.05, 0.1) is 12.2 Å². The highest BCUT2D eigenvalue weighted by Gasteiger charge is 2.14. The zero-order chi connectivity index (χ0) is 16.8. The van der Waals surface area contributed by atoms with E-state index < -0.39 is 0 Å². The molecule has 7 nitrogen and oxygen atoms in total. The molecule has 0 atom stereocenters. The first-order chi connectivity index (χ1) is 10.2. The molecule has 8 heteroatoms. The summed E-state index contributed by atoms with van der Waals surface area (Å²) in [5.41, 5.74) is 1.78. The van der Waals surface area contributed by atoms with Gasteiger partial charge in [-0.25, -0.2) is 0 Å². The number of aromatic nitrogens is 1. The third-order valence-electron chi connectivity index (χ3n) is 3.00. The maximum atomic E-state index is 11.8. The lowest BCUT2D eigenvalue weighted by atomic mass is 10.1. The van der Waals surface area contributed by atoms with Crippen molar-refractivity contribution in [3.8, 4) is 0 Å². The van der Waals surface area contributed by atoms with Crippen LogP contribution < -0.4 is 16.0 Å². The number of halogens is 1. The Bertz CT molecular complexity index is 515. The Balaban J connectivity index is 0.00000484. The van der Waals surface area contributed by atoms with Crippen molar-refractivity contribution in [2.45, 2.75) is 46.6 Å². The molecule has 132 valence electrons. The number of guanidine groups is 1. The van der Waals surface area contributed by atoms with Crippen molar-refractivity contribution in [1.82, 2.24) is 21.1 Å². The molecule has 0 spiro atoms. The van der Waals surface area contributed by atoms with E-state index in [1.54, 1.807) is 7.05 Å². The Hall–Kier alpha value is -1.32. The lowest BCUT2D eigenvalue weighted by Crippen LogP contribution is -2.48. The second kappa shape index (κ2) is 9.74. The summed E-state index contributed by atoms with van der Waals surface area (Å²) in [5, 5.41) is 13.0. The van der Waals surface area contributed by atoms with Gasteiger partial charge in [0.1, 0.15) is 5.76 Å². The number of rotatable bonds is 5. The van der Waals surface area contributed by atoms with E-state index in [1.807, 2.05) is 34.6 Å². The number of hydrogen-bond donors (Lipinski definition) is 3. The zero-order valence-corrected chi connectivity index (χ0v) is 17.1. The minimum absolute atomic E-state index is 0. The minimum Gasteiger partial charge on any atom is -0.361 e. The highest BCUT2D eigenvalue weighted by molar-refractivity contribution is 14.0. The van der Waals surface area contributed by atoms with Gasteiger partial charge in [0.15, 0.2) is 5.96 Å². The molecule has 0 aromatic carbocycles. The van der Waals surface area contributed by atoms with Gasteiger partial charge in [0.25, 0.3) is 0 Å². The van der Waals surface area contributed by atoms with Crippen molar-refractivity contribution in [1.29, 1.82) is 0 Å². The predicted molar refractivity (Wildman–Crippen MR) is 102 cm³/mol. The average molecular weight is 437 g/mol. The van der Waals surface area contributed by atoms with Crippen LogP contribution in [0, 0.1) is 13.8 Å². The fraction of sp³-hybridized carbons (Fsp3) is 0.667. The van der Waals surface area contributed by atoms with Crippen LogP contribution in [0.5, 0.6) is 0 Å². The summed E-state index contributed by atoms with van der Waals surface area (Å²) < 4.78 is 5.13. The number of aryl methyl sites for hydroxylation is 2. The molecule has 0 unspecified atom stereocenters. The molecule has 0 aliphatic carbocycles. The maximum absolute atomic E-state index is 11.8. The molecule has 0 radical (unpaired) electrons. The topological polar surface area (TPSA) is 91.6 Å². The molecule has 1 aromatic heterocycles. The van der Waals surface area contributed by atoms with Crippen LogP contribution in [0.4, 0.5) is 0 Å². The van der Waals surface area contributed by atoms with Gasteiger partial charge in [0, 0.05) is 24.7 Å². The van der Waals surface area contributed by atoms with Crippen LogP contribution in [0.1, 0.15) is 37.8 Å². The quantitative estimate of drug-likeness (QED) is 0.369. The summed E-state index contributed by atoms with van der Waals surface area (Å²) in [4.78, 5) is 15.8. The van der Waals surface area contributed by atoms with E-state index in [0.717, 1.165) is 23.4 Å². The third-order valence-corrected chi connectivity index (χ3v) is 3.00. The van der Waals surface area contributed by atoms with E-state index in [9.17, 15) is 4.79 Å². The largest absolute Gasteiger partial charge is 0.361 e. The molecule has 1 heterocycles. The van der Waals surface area contributed by atoms with E-state index in [1.165, 1.54) is 0 Å². The standard InChI is InChI=1S/C15H27N5O2.HI/c1-10-12(11(2)22-20-10)7-8-17-14(16-6)18-9-13(21)19-15(3,4)5;/h7-9H2,1-6H3,(H,19,21)(H2,16,17,18);1H. The van der Waals surface area contributed by atoms with Gasteiger partial charge in [-0.2, -0.15) is 0 Å². The first kappa shape index (κ1) is 21.7. The predicted octanol–water partition coefficient (Wildman–Crippen LogP) is 1.53. The van der Waals surface area contributed by atoms with Crippen LogP contribution in [0.15, 0.2) is 9.52 Å². The summed E-state index contributed by atoms with van der Waals surface area (Å²) >= 11 is 0. The molecule has 1 aromatic rings. The van der Waals surface area contributed by atoms with E-state index in [0.29, 0.717) is 12.5 Å². The summed E-state index contributed by atoms with van der Waals surface area (Å²) in [5.74, 6) is 1.36. The van der Waals surface area contributed by atoms with Crippen LogP contribution in [-0.2, 0) is 11.2 Å². The number of aliphatic imine (C=N–C) groups is 1. The van der Waals surface area contributed by atoms with Gasteiger partial charge < -0.3 is 20.5 Å². The Kier molecular flexibility index (Phi) is 9.18. The highest BCUT2D eigenvalue weighted by atomic mass is 127. The summed E-state index contributed by atoms with van der Waals surface area (Å²) in [7, 11) is 1.67. The fourth-order valence-corrected chi connectivity index (χ4v) is 2.01. The molecular weight excluding hydrogens is 409 g/mol. The van der Waals surface area contributed by atoms with Gasteiger partial charge in [-0.1, -0.05) is 5.16 Å². The molecule has 0 saturated carbocycles. The average Bonchev–Trinajstić information content (AvgIpc) is 2.72. The molecule has 23 heavy (non-hydrogen) atoms. The summed E-state index contributed by atoms with van der Waals surface area (Å²) in [6, 6.07) is 0. The van der Waals surface area contributed by atoms with Crippen molar-refractivity contribution in [3.63, 3.8) is 0 Å². The van der Waals surface area contributed by atoms with E-state index in [4.69, 9.17) is 4.52 Å². The van der Waals surface area contributed by atoms with Gasteiger partial charge in [-0.3, -0.25) is 9.79 Å². The number of nitrogens with zero attached hydrogens (tertiary/aromatic N) is 2. The number of amides is 1. The van der Waals surface area contributed by atoms with Crippen molar-refractivity contribution < 1.29 is 9.32 Å². The maximum Gasteiger partial charge on any atom is 0.239 e. The van der Waals surface area contributed by atoms with Crippen LogP contribution in [0.2, 0.25) is 0 Å². The van der Waals surface area contributed by atoms with E-state index in [2.05, 4.69) is 26.1 Å². The second-order valence-corrected chi connectivity index (χ2v) is 6.20. The first-order valence-corrected chi connectivity index (χ1v) is 7.40. The lowest BCUT2D eigenvalue weighted by molar-refractivity contribution is -0.121. The minimum atomic E-state index is -0.237. The molecule has 0 saturated heterocycles. The second-order valence-electron chi connectivity index (χ2n) is 6.20. The molecule has 1 amide bonds. The SMILES string of the molecule is CN=C(NCCc1c(C)noc1C)NCC(=O)NC(C)(C)C.I. The number of hydrogen-bond acceptors (Lipinski definition) is 4. The molecule has 0 aliphatic rings. The smallest absolute Gasteiger partial charge is 0.239 e. The van der Waals surface area contributed by atoms with Crippen LogP contribution in [-0.4, -0.2) is 42.7 Å². The lowest BCUT2D eigenvalue weighted by Gasteiger charge is -2.21. The Morgan fingerprint density at radius 1 is 1.26 bits per heavy atom. The van der Waals surface area contributed by atoms with E-state index >= 15 is 0 Å². The van der Waals surface area contributed by atoms with Crippen molar-refractivity contribution in [2.24, 2.45) is 4.99 Å². The molecule has 1 rings (SSSR count). The Labute approximate surface area is 155 Å². The number of carbonyl (C=O) groups is 1. The zero-order valence-electron chi connectivity index (χ0n) is 14.7. The molecular formula is C15H28IN5O2. The number of nitrogens with one attached hydrogen (secondary N) is 3. The van der Waals surface area contributed by atoms with Crippen LogP contribution in [0.25, 0.3) is 0 Å². The third kappa shape index (κ3) is 8.19. The van der Waals surface area contributed by atoms with Gasteiger partial charge in [0.2, 0.25) is 5.91 Å². The van der Waals surface area contributed by atoms with Gasteiger partial charge >= 0.3 is 0 Å². The molecule has 0 fully saturated rings. The normalized spacial score (nSPS) is 11.7. The molecule has 0 bridgehead atoms.